The maximum absolute atomic E-state index is 6.57. The molecule has 0 aromatic heterocycles. The average Bonchev–Trinajstić information content (AvgIpc) is 3.04. The van der Waals surface area contributed by atoms with Gasteiger partial charge in [0, 0.05) is 0 Å². The van der Waals surface area contributed by atoms with Crippen LogP contribution in [0.1, 0.15) is 22.3 Å². The van der Waals surface area contributed by atoms with Gasteiger partial charge in [-0.05, 0) is 22.3 Å². The summed E-state index contributed by atoms with van der Waals surface area (Å²) >= 11 is 6.01. The predicted molar refractivity (Wildman–Crippen MR) is 157 cm³/mol. The van der Waals surface area contributed by atoms with Gasteiger partial charge in [0.05, 0.1) is 44.9 Å². The van der Waals surface area contributed by atoms with Crippen molar-refractivity contribution < 1.29 is 28.0 Å². The first-order valence-electron chi connectivity index (χ1n) is 13.8. The molecule has 41 heavy (non-hydrogen) atoms. The molecule has 7 heteroatoms. The molecule has 0 aliphatic carbocycles. The fourth-order valence-corrected chi connectivity index (χ4v) is 4.96. The molecule has 4 aromatic rings. The molecule has 0 bridgehead atoms. The Bertz CT molecular complexity index is 1260. The van der Waals surface area contributed by atoms with E-state index in [1.165, 1.54) is 0 Å². The molecule has 0 amide bonds. The van der Waals surface area contributed by atoms with Crippen molar-refractivity contribution in [2.75, 3.05) is 6.61 Å². The lowest BCUT2D eigenvalue weighted by atomic mass is 9.98. The first kappa shape index (κ1) is 29.4. The summed E-state index contributed by atoms with van der Waals surface area (Å²) in [6, 6.07) is 39.9. The van der Waals surface area contributed by atoms with Gasteiger partial charge in [-0.25, -0.2) is 4.29 Å². The quantitative estimate of drug-likeness (QED) is 0.164. The maximum atomic E-state index is 6.57. The van der Waals surface area contributed by atoms with Crippen molar-refractivity contribution in [1.82, 2.24) is 0 Å². The number of ether oxygens (including phenoxy) is 5. The van der Waals surface area contributed by atoms with Crippen LogP contribution in [-0.4, -0.2) is 37.3 Å². The lowest BCUT2D eigenvalue weighted by Gasteiger charge is -2.45. The van der Waals surface area contributed by atoms with Gasteiger partial charge in [0.25, 0.3) is 0 Å². The van der Waals surface area contributed by atoms with Crippen LogP contribution in [-0.2, 0) is 54.4 Å². The van der Waals surface area contributed by atoms with Gasteiger partial charge >= 0.3 is 0 Å². The molecule has 1 heterocycles. The van der Waals surface area contributed by atoms with E-state index in [0.717, 1.165) is 22.3 Å². The van der Waals surface area contributed by atoms with Crippen LogP contribution in [0.25, 0.3) is 0 Å². The second-order valence-corrected chi connectivity index (χ2v) is 10.1. The first-order chi connectivity index (χ1) is 20.3. The van der Waals surface area contributed by atoms with Crippen LogP contribution >= 0.6 is 11.9 Å². The Morgan fingerprint density at radius 2 is 0.878 bits per heavy atom. The SMILES string of the molecule is ClOC1O[C@H](COCc2ccccc2)[C@@H](OCc2ccccc2)[C@H](OCc2ccccc2)[C@H]1OCc1ccccc1. The lowest BCUT2D eigenvalue weighted by Crippen LogP contribution is -2.61. The number of benzene rings is 4. The molecule has 0 N–H and O–H groups in total. The van der Waals surface area contributed by atoms with Gasteiger partial charge in [-0.3, -0.25) is 0 Å². The van der Waals surface area contributed by atoms with Crippen molar-refractivity contribution in [1.29, 1.82) is 0 Å². The lowest BCUT2D eigenvalue weighted by molar-refractivity contribution is -0.309. The number of hydrogen-bond acceptors (Lipinski definition) is 6. The van der Waals surface area contributed by atoms with Gasteiger partial charge in [-0.15, -0.1) is 0 Å². The maximum Gasteiger partial charge on any atom is 0.206 e. The van der Waals surface area contributed by atoms with Gasteiger partial charge in [0.2, 0.25) is 6.29 Å². The molecule has 5 rings (SSSR count). The van der Waals surface area contributed by atoms with Gasteiger partial charge in [0.1, 0.15) is 24.4 Å². The third-order valence-electron chi connectivity index (χ3n) is 6.93. The van der Waals surface area contributed by atoms with E-state index >= 15 is 0 Å². The fraction of sp³-hybridized carbons (Fsp3) is 0.294. The Morgan fingerprint density at radius 1 is 0.488 bits per heavy atom. The Morgan fingerprint density at radius 3 is 1.32 bits per heavy atom. The van der Waals surface area contributed by atoms with E-state index in [2.05, 4.69) is 0 Å². The Balaban J connectivity index is 1.38. The third-order valence-corrected chi connectivity index (χ3v) is 7.10. The van der Waals surface area contributed by atoms with Crippen molar-refractivity contribution in [3.63, 3.8) is 0 Å². The molecular formula is C34H35ClO6. The Kier molecular flexibility index (Phi) is 11.3. The molecule has 214 valence electrons. The highest BCUT2D eigenvalue weighted by Crippen LogP contribution is 2.32. The van der Waals surface area contributed by atoms with Crippen LogP contribution in [0, 0.1) is 0 Å². The smallest absolute Gasteiger partial charge is 0.206 e. The topological polar surface area (TPSA) is 55.4 Å². The molecule has 6 nitrogen and oxygen atoms in total. The highest BCUT2D eigenvalue weighted by Gasteiger charge is 2.49. The van der Waals surface area contributed by atoms with Crippen molar-refractivity contribution in [3.8, 4) is 0 Å². The average molecular weight is 575 g/mol. The van der Waals surface area contributed by atoms with Crippen LogP contribution in [0.2, 0.25) is 0 Å². The number of rotatable bonds is 14. The van der Waals surface area contributed by atoms with Crippen molar-refractivity contribution in [2.45, 2.75) is 57.1 Å². The van der Waals surface area contributed by atoms with E-state index in [9.17, 15) is 0 Å². The zero-order valence-corrected chi connectivity index (χ0v) is 23.6. The van der Waals surface area contributed by atoms with Crippen molar-refractivity contribution in [2.24, 2.45) is 0 Å². The zero-order chi connectivity index (χ0) is 28.1. The standard InChI is InChI=1S/C34H35ClO6/c35-41-34-33(39-24-29-19-11-4-12-20-29)32(38-23-28-17-9-3-10-18-28)31(37-22-27-15-7-2-8-16-27)30(40-34)25-36-21-26-13-5-1-6-14-26/h1-20,30-34H,21-25H2/t30-,31-,32+,33-,34?/m1/s1. The van der Waals surface area contributed by atoms with E-state index in [1.807, 2.05) is 121 Å². The van der Waals surface area contributed by atoms with Gasteiger partial charge in [-0.1, -0.05) is 121 Å². The largest absolute Gasteiger partial charge is 0.374 e. The predicted octanol–water partition coefficient (Wildman–Crippen LogP) is 6.85. The van der Waals surface area contributed by atoms with E-state index in [-0.39, 0.29) is 6.61 Å². The molecule has 0 spiro atoms. The van der Waals surface area contributed by atoms with E-state index in [1.54, 1.807) is 0 Å². The summed E-state index contributed by atoms with van der Waals surface area (Å²) in [5.41, 5.74) is 4.15. The minimum atomic E-state index is -0.900. The molecule has 0 radical (unpaired) electrons. The summed E-state index contributed by atoms with van der Waals surface area (Å²) in [6.07, 6.45) is -3.18. The van der Waals surface area contributed by atoms with Crippen LogP contribution in [0.15, 0.2) is 121 Å². The van der Waals surface area contributed by atoms with Crippen LogP contribution in [0.5, 0.6) is 0 Å². The molecular weight excluding hydrogens is 540 g/mol. The highest BCUT2D eigenvalue weighted by molar-refractivity contribution is 6.07. The summed E-state index contributed by atoms with van der Waals surface area (Å²) in [4.78, 5) is 0. The van der Waals surface area contributed by atoms with Crippen LogP contribution in [0.4, 0.5) is 0 Å². The summed E-state index contributed by atoms with van der Waals surface area (Å²) in [5, 5.41) is 0. The second kappa shape index (κ2) is 15.8. The summed E-state index contributed by atoms with van der Waals surface area (Å²) in [5.74, 6) is 0. The molecule has 5 atom stereocenters. The monoisotopic (exact) mass is 574 g/mol. The molecule has 1 saturated heterocycles. The molecule has 1 aliphatic rings. The van der Waals surface area contributed by atoms with Crippen molar-refractivity contribution in [3.05, 3.63) is 144 Å². The van der Waals surface area contributed by atoms with Crippen LogP contribution < -0.4 is 0 Å². The fourth-order valence-electron chi connectivity index (χ4n) is 4.82. The minimum absolute atomic E-state index is 0.252. The molecule has 0 saturated carbocycles. The molecule has 1 unspecified atom stereocenters. The Labute approximate surface area is 246 Å². The summed E-state index contributed by atoms with van der Waals surface area (Å²) in [7, 11) is 0. The minimum Gasteiger partial charge on any atom is -0.374 e. The Hall–Kier alpha value is -3.07. The summed E-state index contributed by atoms with van der Waals surface area (Å²) < 4.78 is 37.3. The molecule has 4 aromatic carbocycles. The second-order valence-electron chi connectivity index (χ2n) is 9.92. The van der Waals surface area contributed by atoms with E-state index in [4.69, 9.17) is 39.8 Å². The molecule has 1 aliphatic heterocycles. The van der Waals surface area contributed by atoms with E-state index in [0.29, 0.717) is 26.4 Å². The zero-order valence-electron chi connectivity index (χ0n) is 22.8. The normalized spacial score (nSPS) is 22.4. The van der Waals surface area contributed by atoms with Crippen LogP contribution in [0.3, 0.4) is 0 Å². The number of halogens is 1. The first-order valence-corrected chi connectivity index (χ1v) is 14.1. The highest BCUT2D eigenvalue weighted by atomic mass is 35.5. The van der Waals surface area contributed by atoms with Crippen molar-refractivity contribution >= 4 is 11.9 Å². The molecule has 1 fully saturated rings. The third kappa shape index (κ3) is 8.71. The van der Waals surface area contributed by atoms with Gasteiger partial charge < -0.3 is 23.7 Å². The van der Waals surface area contributed by atoms with Gasteiger partial charge in [0.15, 0.2) is 0 Å². The number of hydrogen-bond donors (Lipinski definition) is 0. The summed E-state index contributed by atoms with van der Waals surface area (Å²) in [6.45, 7) is 1.74. The van der Waals surface area contributed by atoms with E-state index < -0.39 is 30.7 Å². The van der Waals surface area contributed by atoms with Gasteiger partial charge in [-0.2, -0.15) is 0 Å².